The molecule has 4 heteroatoms. The Balaban J connectivity index is 2.10. The molecule has 1 aromatic carbocycles. The van der Waals surface area contributed by atoms with Crippen LogP contribution in [0.25, 0.3) is 6.08 Å². The van der Waals surface area contributed by atoms with Gasteiger partial charge in [0.25, 0.3) is 6.23 Å². The van der Waals surface area contributed by atoms with Crippen LogP contribution in [-0.2, 0) is 4.74 Å². The summed E-state index contributed by atoms with van der Waals surface area (Å²) in [5, 5.41) is 21.2. The molecule has 0 saturated heterocycles. The molecule has 1 aliphatic rings. The average Bonchev–Trinajstić information content (AvgIpc) is 2.69. The first kappa shape index (κ1) is 15.7. The van der Waals surface area contributed by atoms with Crippen molar-refractivity contribution in [1.29, 1.82) is 0 Å². The van der Waals surface area contributed by atoms with Crippen molar-refractivity contribution < 1.29 is 14.6 Å². The summed E-state index contributed by atoms with van der Waals surface area (Å²) in [6.07, 6.45) is 4.57. The molecule has 1 atom stereocenters. The Kier molecular flexibility index (Phi) is 5.15. The topological polar surface area (TPSA) is 55.5 Å². The van der Waals surface area contributed by atoms with Gasteiger partial charge in [0.2, 0.25) is 0 Å². The minimum atomic E-state index is -0.487. The number of benzene rings is 1. The van der Waals surface area contributed by atoms with E-state index in [-0.39, 0.29) is 12.0 Å². The van der Waals surface area contributed by atoms with E-state index in [1.807, 2.05) is 56.3 Å². The molecule has 0 aromatic heterocycles. The second-order valence-corrected chi connectivity index (χ2v) is 6.03. The Labute approximate surface area is 126 Å². The lowest BCUT2D eigenvalue weighted by molar-refractivity contribution is -0.564. The molecule has 0 aliphatic carbocycles. The highest BCUT2D eigenvalue weighted by molar-refractivity contribution is 5.95. The fraction of sp³-hybridized carbons (Fsp3) is 0.471. The lowest BCUT2D eigenvalue weighted by Crippen LogP contribution is -2.34. The molecular weight excluding hydrogens is 266 g/mol. The van der Waals surface area contributed by atoms with E-state index < -0.39 is 6.23 Å². The van der Waals surface area contributed by atoms with Crippen LogP contribution in [0.1, 0.15) is 32.3 Å². The Morgan fingerprint density at radius 2 is 2.05 bits per heavy atom. The van der Waals surface area contributed by atoms with E-state index in [1.165, 1.54) is 0 Å². The van der Waals surface area contributed by atoms with Crippen LogP contribution in [0.4, 0.5) is 0 Å². The van der Waals surface area contributed by atoms with Crippen LogP contribution in [0.3, 0.4) is 0 Å². The standard InChI is InChI=1S/C17H23NO3/c1-17(2)13-15(10-9-14-7-4-3-5-8-14)18(20)16(17)21-12-6-11-19/h3-5,7-10,16,19H,6,11-13H2,1-2H3/b10-9+. The number of hydroxylamine groups is 1. The predicted octanol–water partition coefficient (Wildman–Crippen LogP) is 2.81. The van der Waals surface area contributed by atoms with Gasteiger partial charge < -0.3 is 15.1 Å². The average molecular weight is 289 g/mol. The number of hydrogen-bond donors (Lipinski definition) is 1. The van der Waals surface area contributed by atoms with Crippen molar-refractivity contribution in [3.05, 3.63) is 47.2 Å². The Morgan fingerprint density at radius 3 is 2.71 bits per heavy atom. The third-order valence-electron chi connectivity index (χ3n) is 3.65. The third kappa shape index (κ3) is 3.93. The van der Waals surface area contributed by atoms with Crippen LogP contribution < -0.4 is 0 Å². The number of hydrogen-bond acceptors (Lipinski definition) is 3. The number of nitrogens with zero attached hydrogens (tertiary/aromatic N) is 1. The van der Waals surface area contributed by atoms with Crippen LogP contribution >= 0.6 is 0 Å². The molecule has 2 rings (SSSR count). The molecule has 1 aliphatic heterocycles. The van der Waals surface area contributed by atoms with Crippen molar-refractivity contribution >= 4 is 11.8 Å². The number of allylic oxidation sites excluding steroid dienone is 1. The Hall–Kier alpha value is -1.65. The van der Waals surface area contributed by atoms with Gasteiger partial charge in [-0.15, -0.1) is 0 Å². The zero-order valence-corrected chi connectivity index (χ0v) is 12.7. The van der Waals surface area contributed by atoms with Gasteiger partial charge in [0.15, 0.2) is 5.71 Å². The molecule has 0 spiro atoms. The monoisotopic (exact) mass is 289 g/mol. The lowest BCUT2D eigenvalue weighted by atomic mass is 9.88. The molecule has 0 bridgehead atoms. The second-order valence-electron chi connectivity index (χ2n) is 6.03. The van der Waals surface area contributed by atoms with Gasteiger partial charge in [-0.2, -0.15) is 4.74 Å². The quantitative estimate of drug-likeness (QED) is 0.498. The highest BCUT2D eigenvalue weighted by Crippen LogP contribution is 2.34. The van der Waals surface area contributed by atoms with Gasteiger partial charge in [0.1, 0.15) is 0 Å². The summed E-state index contributed by atoms with van der Waals surface area (Å²) in [7, 11) is 0. The van der Waals surface area contributed by atoms with E-state index in [0.717, 1.165) is 16.0 Å². The summed E-state index contributed by atoms with van der Waals surface area (Å²) in [6, 6.07) is 9.91. The zero-order valence-electron chi connectivity index (χ0n) is 12.7. The maximum Gasteiger partial charge on any atom is 0.273 e. The smallest absolute Gasteiger partial charge is 0.273 e. The van der Waals surface area contributed by atoms with Crippen LogP contribution in [0.15, 0.2) is 36.4 Å². The number of aliphatic hydroxyl groups is 1. The van der Waals surface area contributed by atoms with Crippen molar-refractivity contribution in [1.82, 2.24) is 0 Å². The molecule has 4 nitrogen and oxygen atoms in total. The van der Waals surface area contributed by atoms with Gasteiger partial charge in [-0.25, -0.2) is 0 Å². The number of ether oxygens (including phenoxy) is 1. The normalized spacial score (nSPS) is 21.4. The van der Waals surface area contributed by atoms with Gasteiger partial charge in [-0.3, -0.25) is 0 Å². The van der Waals surface area contributed by atoms with E-state index in [1.54, 1.807) is 0 Å². The number of rotatable bonds is 6. The second kappa shape index (κ2) is 6.87. The zero-order chi connectivity index (χ0) is 15.3. The van der Waals surface area contributed by atoms with Crippen LogP contribution in [0.5, 0.6) is 0 Å². The maximum absolute atomic E-state index is 12.4. The highest BCUT2D eigenvalue weighted by atomic mass is 16.6. The first-order valence-corrected chi connectivity index (χ1v) is 7.32. The van der Waals surface area contributed by atoms with Gasteiger partial charge in [0, 0.05) is 19.1 Å². The van der Waals surface area contributed by atoms with Crippen LogP contribution in [-0.4, -0.2) is 35.0 Å². The van der Waals surface area contributed by atoms with E-state index in [0.29, 0.717) is 19.4 Å². The van der Waals surface area contributed by atoms with E-state index >= 15 is 0 Å². The first-order chi connectivity index (χ1) is 10.0. The van der Waals surface area contributed by atoms with Crippen LogP contribution in [0.2, 0.25) is 0 Å². The fourth-order valence-electron chi connectivity index (χ4n) is 2.54. The van der Waals surface area contributed by atoms with Gasteiger partial charge in [0.05, 0.1) is 12.0 Å². The maximum atomic E-state index is 12.4. The molecule has 1 N–H and O–H groups in total. The summed E-state index contributed by atoms with van der Waals surface area (Å²) in [6.45, 7) is 4.55. The van der Waals surface area contributed by atoms with Crippen molar-refractivity contribution in [2.75, 3.05) is 13.2 Å². The summed E-state index contributed by atoms with van der Waals surface area (Å²) in [4.78, 5) is 0. The lowest BCUT2D eigenvalue weighted by Gasteiger charge is -2.23. The van der Waals surface area contributed by atoms with Gasteiger partial charge in [-0.05, 0) is 18.1 Å². The fourth-order valence-corrected chi connectivity index (χ4v) is 2.54. The van der Waals surface area contributed by atoms with Gasteiger partial charge in [-0.1, -0.05) is 44.2 Å². The minimum absolute atomic E-state index is 0.0798. The predicted molar refractivity (Wildman–Crippen MR) is 84.0 cm³/mol. The molecule has 1 unspecified atom stereocenters. The van der Waals surface area contributed by atoms with Crippen LogP contribution in [0, 0.1) is 10.6 Å². The molecule has 0 radical (unpaired) electrons. The molecule has 0 fully saturated rings. The summed E-state index contributed by atoms with van der Waals surface area (Å²) in [5.74, 6) is 0. The molecular formula is C17H23NO3. The first-order valence-electron chi connectivity index (χ1n) is 7.32. The summed E-state index contributed by atoms with van der Waals surface area (Å²) >= 11 is 0. The van der Waals surface area contributed by atoms with Crippen molar-refractivity contribution in [3.8, 4) is 0 Å². The Bertz CT molecular complexity index is 520. The van der Waals surface area contributed by atoms with Crippen molar-refractivity contribution in [2.24, 2.45) is 5.41 Å². The molecule has 1 aromatic rings. The molecule has 21 heavy (non-hydrogen) atoms. The summed E-state index contributed by atoms with van der Waals surface area (Å²) < 4.78 is 6.62. The van der Waals surface area contributed by atoms with Gasteiger partial charge >= 0.3 is 0 Å². The van der Waals surface area contributed by atoms with E-state index in [9.17, 15) is 5.21 Å². The molecule has 0 saturated carbocycles. The summed E-state index contributed by atoms with van der Waals surface area (Å²) in [5.41, 5.74) is 1.58. The number of aliphatic hydroxyl groups excluding tert-OH is 1. The van der Waals surface area contributed by atoms with E-state index in [4.69, 9.17) is 9.84 Å². The largest absolute Gasteiger partial charge is 0.622 e. The highest BCUT2D eigenvalue weighted by Gasteiger charge is 2.45. The third-order valence-corrected chi connectivity index (χ3v) is 3.65. The minimum Gasteiger partial charge on any atom is -0.622 e. The van der Waals surface area contributed by atoms with Crippen molar-refractivity contribution in [3.63, 3.8) is 0 Å². The SMILES string of the molecule is CC1(C)CC(/C=C/c2ccccc2)=[N+]([O-])C1OCCCO. The van der Waals surface area contributed by atoms with E-state index in [2.05, 4.69) is 0 Å². The Morgan fingerprint density at radius 1 is 1.33 bits per heavy atom. The van der Waals surface area contributed by atoms with Crippen molar-refractivity contribution in [2.45, 2.75) is 32.9 Å². The molecule has 0 amide bonds. The molecule has 114 valence electrons. The molecule has 1 heterocycles.